The van der Waals surface area contributed by atoms with Gasteiger partial charge in [0.2, 0.25) is 5.91 Å². The van der Waals surface area contributed by atoms with Crippen LogP contribution in [0.5, 0.6) is 0 Å². The van der Waals surface area contributed by atoms with Gasteiger partial charge in [0.15, 0.2) is 0 Å². The number of amides is 1. The van der Waals surface area contributed by atoms with E-state index in [1.54, 1.807) is 11.8 Å². The zero-order valence-corrected chi connectivity index (χ0v) is 9.39. The quantitative estimate of drug-likeness (QED) is 0.629. The predicted octanol–water partition coefficient (Wildman–Crippen LogP) is 1.11. The number of carbonyl (C=O) groups excluding carboxylic acids is 1. The van der Waals surface area contributed by atoms with Gasteiger partial charge < -0.3 is 10.4 Å². The van der Waals surface area contributed by atoms with E-state index in [9.17, 15) is 9.59 Å². The van der Waals surface area contributed by atoms with Gasteiger partial charge in [0.1, 0.15) is 6.04 Å². The smallest absolute Gasteiger partial charge is 0.327 e. The molecule has 0 unspecified atom stereocenters. The SMILES string of the molecule is CCCCSC[C@H](NC(C)=O)C(=O)O. The minimum atomic E-state index is -0.968. The number of thioether (sulfide) groups is 1. The van der Waals surface area contributed by atoms with Crippen LogP contribution in [0.4, 0.5) is 0 Å². The molecule has 0 fully saturated rings. The molecule has 0 aliphatic carbocycles. The van der Waals surface area contributed by atoms with Crippen LogP contribution in [0.1, 0.15) is 26.7 Å². The molecule has 5 heteroatoms. The lowest BCUT2D eigenvalue weighted by Crippen LogP contribution is -2.41. The van der Waals surface area contributed by atoms with E-state index < -0.39 is 12.0 Å². The summed E-state index contributed by atoms with van der Waals surface area (Å²) in [4.78, 5) is 21.3. The summed E-state index contributed by atoms with van der Waals surface area (Å²) in [5.41, 5.74) is 0. The Labute approximate surface area is 88.4 Å². The first-order valence-corrected chi connectivity index (χ1v) is 5.81. The first-order valence-electron chi connectivity index (χ1n) is 4.65. The second kappa shape index (κ2) is 7.67. The molecule has 0 aliphatic rings. The summed E-state index contributed by atoms with van der Waals surface area (Å²) < 4.78 is 0. The highest BCUT2D eigenvalue weighted by Crippen LogP contribution is 2.06. The third-order valence-electron chi connectivity index (χ3n) is 1.60. The molecule has 0 saturated heterocycles. The van der Waals surface area contributed by atoms with Crippen LogP contribution in [0.2, 0.25) is 0 Å². The highest BCUT2D eigenvalue weighted by molar-refractivity contribution is 7.99. The fourth-order valence-corrected chi connectivity index (χ4v) is 1.99. The van der Waals surface area contributed by atoms with Crippen molar-refractivity contribution in [3.05, 3.63) is 0 Å². The normalized spacial score (nSPS) is 12.1. The first kappa shape index (κ1) is 13.3. The van der Waals surface area contributed by atoms with Gasteiger partial charge in [-0.25, -0.2) is 4.79 Å². The van der Waals surface area contributed by atoms with Crippen molar-refractivity contribution in [2.24, 2.45) is 0 Å². The molecule has 0 saturated carbocycles. The zero-order valence-electron chi connectivity index (χ0n) is 8.58. The Bertz CT molecular complexity index is 196. The third-order valence-corrected chi connectivity index (χ3v) is 2.75. The lowest BCUT2D eigenvalue weighted by atomic mass is 10.3. The van der Waals surface area contributed by atoms with Crippen LogP contribution in [0.25, 0.3) is 0 Å². The van der Waals surface area contributed by atoms with Gasteiger partial charge in [-0.3, -0.25) is 4.79 Å². The van der Waals surface area contributed by atoms with E-state index in [0.717, 1.165) is 18.6 Å². The van der Waals surface area contributed by atoms with E-state index in [4.69, 9.17) is 5.11 Å². The predicted molar refractivity (Wildman–Crippen MR) is 57.5 cm³/mol. The topological polar surface area (TPSA) is 66.4 Å². The van der Waals surface area contributed by atoms with Crippen molar-refractivity contribution in [1.29, 1.82) is 0 Å². The largest absolute Gasteiger partial charge is 0.480 e. The van der Waals surface area contributed by atoms with Gasteiger partial charge in [0.05, 0.1) is 0 Å². The van der Waals surface area contributed by atoms with Crippen molar-refractivity contribution in [1.82, 2.24) is 5.32 Å². The van der Waals surface area contributed by atoms with Crippen molar-refractivity contribution in [2.45, 2.75) is 32.7 Å². The number of hydrogen-bond donors (Lipinski definition) is 2. The average Bonchev–Trinajstić information content (AvgIpc) is 2.09. The monoisotopic (exact) mass is 219 g/mol. The molecule has 0 aromatic carbocycles. The molecule has 0 rings (SSSR count). The molecule has 4 nitrogen and oxygen atoms in total. The van der Waals surface area contributed by atoms with E-state index in [0.29, 0.717) is 5.75 Å². The van der Waals surface area contributed by atoms with Crippen molar-refractivity contribution in [2.75, 3.05) is 11.5 Å². The number of carboxylic acids is 1. The summed E-state index contributed by atoms with van der Waals surface area (Å²) in [6.07, 6.45) is 2.18. The van der Waals surface area contributed by atoms with Crippen LogP contribution < -0.4 is 5.32 Å². The Balaban J connectivity index is 3.74. The van der Waals surface area contributed by atoms with Crippen LogP contribution in [-0.4, -0.2) is 34.5 Å². The lowest BCUT2D eigenvalue weighted by Gasteiger charge is -2.12. The highest BCUT2D eigenvalue weighted by Gasteiger charge is 2.17. The number of nitrogens with one attached hydrogen (secondary N) is 1. The summed E-state index contributed by atoms with van der Waals surface area (Å²) in [5, 5.41) is 11.1. The minimum Gasteiger partial charge on any atom is -0.480 e. The molecule has 1 amide bonds. The minimum absolute atomic E-state index is 0.298. The molecule has 0 heterocycles. The molecule has 0 aromatic heterocycles. The summed E-state index contributed by atoms with van der Waals surface area (Å²) in [7, 11) is 0. The Morgan fingerprint density at radius 2 is 2.14 bits per heavy atom. The fourth-order valence-electron chi connectivity index (χ4n) is 0.868. The van der Waals surface area contributed by atoms with Crippen LogP contribution in [0, 0.1) is 0 Å². The lowest BCUT2D eigenvalue weighted by molar-refractivity contribution is -0.140. The summed E-state index contributed by atoms with van der Waals surface area (Å²) in [6.45, 7) is 3.41. The summed E-state index contributed by atoms with van der Waals surface area (Å²) >= 11 is 1.56. The van der Waals surface area contributed by atoms with Gasteiger partial charge in [-0.1, -0.05) is 13.3 Å². The highest BCUT2D eigenvalue weighted by atomic mass is 32.2. The first-order chi connectivity index (χ1) is 6.57. The molecule has 2 N–H and O–H groups in total. The van der Waals surface area contributed by atoms with Crippen LogP contribution >= 0.6 is 11.8 Å². The zero-order chi connectivity index (χ0) is 11.0. The van der Waals surface area contributed by atoms with Crippen molar-refractivity contribution in [3.63, 3.8) is 0 Å². The molecule has 0 aromatic rings. The standard InChI is InChI=1S/C9H17NO3S/c1-3-4-5-14-6-8(9(12)13)10-7(2)11/h8H,3-6H2,1-2H3,(H,10,11)(H,12,13)/t8-/m0/s1. The number of carboxylic acid groups (broad SMARTS) is 1. The van der Waals surface area contributed by atoms with Crippen LogP contribution in [-0.2, 0) is 9.59 Å². The molecule has 0 radical (unpaired) electrons. The van der Waals surface area contributed by atoms with Gasteiger partial charge in [0, 0.05) is 12.7 Å². The van der Waals surface area contributed by atoms with E-state index in [1.807, 2.05) is 0 Å². The molecular formula is C9H17NO3S. The molecular weight excluding hydrogens is 202 g/mol. The van der Waals surface area contributed by atoms with Crippen molar-refractivity contribution >= 4 is 23.6 Å². The molecule has 0 aliphatic heterocycles. The molecule has 82 valence electrons. The Morgan fingerprint density at radius 3 is 2.57 bits per heavy atom. The Hall–Kier alpha value is -0.710. The van der Waals surface area contributed by atoms with Gasteiger partial charge in [0.25, 0.3) is 0 Å². The second-order valence-electron chi connectivity index (χ2n) is 3.02. The van der Waals surface area contributed by atoms with Crippen LogP contribution in [0.15, 0.2) is 0 Å². The van der Waals surface area contributed by atoms with Crippen molar-refractivity contribution < 1.29 is 14.7 Å². The van der Waals surface area contributed by atoms with Crippen molar-refractivity contribution in [3.8, 4) is 0 Å². The molecule has 0 spiro atoms. The number of rotatable bonds is 7. The third kappa shape index (κ3) is 6.77. The Kier molecular flexibility index (Phi) is 7.28. The Morgan fingerprint density at radius 1 is 1.50 bits per heavy atom. The van der Waals surface area contributed by atoms with Gasteiger partial charge in [-0.15, -0.1) is 0 Å². The summed E-state index contributed by atoms with van der Waals surface area (Å²) in [6, 6.07) is -0.755. The van der Waals surface area contributed by atoms with Gasteiger partial charge in [-0.2, -0.15) is 11.8 Å². The second-order valence-corrected chi connectivity index (χ2v) is 4.17. The average molecular weight is 219 g/mol. The van der Waals surface area contributed by atoms with E-state index in [2.05, 4.69) is 12.2 Å². The number of carbonyl (C=O) groups is 2. The number of aliphatic carboxylic acids is 1. The van der Waals surface area contributed by atoms with Gasteiger partial charge in [-0.05, 0) is 12.2 Å². The summed E-state index contributed by atoms with van der Waals surface area (Å²) in [5.74, 6) is 0.118. The number of hydrogen-bond acceptors (Lipinski definition) is 3. The number of unbranched alkanes of at least 4 members (excludes halogenated alkanes) is 1. The fraction of sp³-hybridized carbons (Fsp3) is 0.778. The van der Waals surface area contributed by atoms with Crippen LogP contribution in [0.3, 0.4) is 0 Å². The maximum absolute atomic E-state index is 10.7. The van der Waals surface area contributed by atoms with E-state index in [1.165, 1.54) is 6.92 Å². The maximum atomic E-state index is 10.7. The van der Waals surface area contributed by atoms with E-state index >= 15 is 0 Å². The molecule has 0 bridgehead atoms. The van der Waals surface area contributed by atoms with E-state index in [-0.39, 0.29) is 5.91 Å². The maximum Gasteiger partial charge on any atom is 0.327 e. The van der Waals surface area contributed by atoms with Gasteiger partial charge >= 0.3 is 5.97 Å². The molecule has 14 heavy (non-hydrogen) atoms. The molecule has 1 atom stereocenters.